The van der Waals surface area contributed by atoms with Crippen LogP contribution in [-0.2, 0) is 0 Å². The maximum absolute atomic E-state index is 11.8. The minimum absolute atomic E-state index is 0.103. The lowest BCUT2D eigenvalue weighted by atomic mass is 10.0. The summed E-state index contributed by atoms with van der Waals surface area (Å²) in [7, 11) is 0. The highest BCUT2D eigenvalue weighted by atomic mass is 16.4. The summed E-state index contributed by atoms with van der Waals surface area (Å²) < 4.78 is 0. The third-order valence-corrected chi connectivity index (χ3v) is 10.3. The van der Waals surface area contributed by atoms with Crippen molar-refractivity contribution in [3.05, 3.63) is 166 Å². The van der Waals surface area contributed by atoms with Crippen LogP contribution in [0.2, 0.25) is 0 Å². The molecule has 290 valence electrons. The number of nitrogens with zero attached hydrogens (tertiary/aromatic N) is 4. The second-order valence-corrected chi connectivity index (χ2v) is 13.9. The largest absolute Gasteiger partial charge is 0.657 e. The average molecular weight is 789 g/mol. The van der Waals surface area contributed by atoms with Gasteiger partial charge < -0.3 is 30.4 Å². The van der Waals surface area contributed by atoms with Crippen molar-refractivity contribution in [3.63, 3.8) is 0 Å². The van der Waals surface area contributed by atoms with Crippen molar-refractivity contribution in [1.29, 1.82) is 0 Å². The van der Waals surface area contributed by atoms with E-state index >= 15 is 0 Å². The predicted octanol–water partition coefficient (Wildman–Crippen LogP) is 9.37. The zero-order chi connectivity index (χ0) is 41.7. The molecular formula is C48H28N4O8-2. The van der Waals surface area contributed by atoms with Crippen LogP contribution in [0.4, 0.5) is 0 Å². The summed E-state index contributed by atoms with van der Waals surface area (Å²) in [6, 6.07) is 33.0. The summed E-state index contributed by atoms with van der Waals surface area (Å²) in [5.74, 6) is -4.30. The van der Waals surface area contributed by atoms with Crippen LogP contribution in [0.1, 0.15) is 64.2 Å². The zero-order valence-corrected chi connectivity index (χ0v) is 31.1. The Balaban J connectivity index is 1.43. The van der Waals surface area contributed by atoms with Crippen LogP contribution in [0.15, 0.2) is 121 Å². The van der Waals surface area contributed by atoms with Gasteiger partial charge in [0.05, 0.1) is 45.0 Å². The molecule has 60 heavy (non-hydrogen) atoms. The maximum Gasteiger partial charge on any atom is 0.335 e. The number of hydrogen-bond acceptors (Lipinski definition) is 6. The Labute approximate surface area is 339 Å². The molecule has 4 aromatic carbocycles. The maximum atomic E-state index is 11.8. The molecule has 5 heterocycles. The second kappa shape index (κ2) is 14.7. The Bertz CT molecular complexity index is 2750. The number of fused-ring (bicyclic) bond motifs is 8. The first-order chi connectivity index (χ1) is 29.0. The van der Waals surface area contributed by atoms with Gasteiger partial charge in [-0.15, -0.1) is 22.1 Å². The number of aromatic nitrogens is 4. The fourth-order valence-corrected chi connectivity index (χ4v) is 7.39. The van der Waals surface area contributed by atoms with E-state index in [0.717, 1.165) is 0 Å². The van der Waals surface area contributed by atoms with E-state index in [1.54, 1.807) is 48.5 Å². The molecule has 4 N–H and O–H groups in total. The molecule has 2 aliphatic heterocycles. The first-order valence-corrected chi connectivity index (χ1v) is 18.4. The quantitative estimate of drug-likeness (QED) is 0.114. The van der Waals surface area contributed by atoms with Gasteiger partial charge in [-0.2, -0.15) is 0 Å². The Morgan fingerprint density at radius 2 is 0.517 bits per heavy atom. The van der Waals surface area contributed by atoms with Crippen molar-refractivity contribution in [1.82, 2.24) is 19.9 Å². The van der Waals surface area contributed by atoms with Gasteiger partial charge in [-0.25, -0.2) is 29.1 Å². The van der Waals surface area contributed by atoms with Crippen LogP contribution >= 0.6 is 0 Å². The van der Waals surface area contributed by atoms with Gasteiger partial charge in [0.1, 0.15) is 0 Å². The van der Waals surface area contributed by atoms with Crippen LogP contribution in [0.5, 0.6) is 0 Å². The number of aromatic carboxylic acids is 4. The molecule has 0 fully saturated rings. The molecule has 0 amide bonds. The van der Waals surface area contributed by atoms with Crippen LogP contribution in [0.3, 0.4) is 0 Å². The second-order valence-electron chi connectivity index (χ2n) is 13.9. The summed E-state index contributed by atoms with van der Waals surface area (Å²) in [4.78, 5) is 67.8. The van der Waals surface area contributed by atoms with Crippen molar-refractivity contribution in [2.45, 2.75) is 0 Å². The lowest BCUT2D eigenvalue weighted by Gasteiger charge is -2.14. The highest BCUT2D eigenvalue weighted by Gasteiger charge is 2.17. The first-order valence-electron chi connectivity index (χ1n) is 18.4. The Hall–Kier alpha value is -8.64. The first kappa shape index (κ1) is 37.0. The molecule has 12 nitrogen and oxygen atoms in total. The third-order valence-electron chi connectivity index (χ3n) is 10.3. The number of hydrogen-bond donors (Lipinski definition) is 4. The highest BCUT2D eigenvalue weighted by molar-refractivity contribution is 6.01. The van der Waals surface area contributed by atoms with Crippen LogP contribution < -0.4 is 9.97 Å². The van der Waals surface area contributed by atoms with Gasteiger partial charge >= 0.3 is 23.9 Å². The molecule has 7 aromatic rings. The predicted molar refractivity (Wildman–Crippen MR) is 226 cm³/mol. The summed E-state index contributed by atoms with van der Waals surface area (Å²) >= 11 is 0. The molecule has 0 unspecified atom stereocenters. The van der Waals surface area contributed by atoms with Gasteiger partial charge in [0.2, 0.25) is 0 Å². The molecule has 9 rings (SSSR count). The van der Waals surface area contributed by atoms with E-state index in [1.807, 2.05) is 48.6 Å². The molecular weight excluding hydrogens is 761 g/mol. The third kappa shape index (κ3) is 6.69. The minimum Gasteiger partial charge on any atom is -0.657 e. The lowest BCUT2D eigenvalue weighted by Crippen LogP contribution is -1.96. The Morgan fingerprint density at radius 3 is 0.700 bits per heavy atom. The smallest absolute Gasteiger partial charge is 0.335 e. The molecule has 3 aromatic heterocycles. The Morgan fingerprint density at radius 1 is 0.317 bits per heavy atom. The normalized spacial score (nSPS) is 11.7. The molecule has 0 saturated heterocycles. The lowest BCUT2D eigenvalue weighted by molar-refractivity contribution is 0.0686. The molecule has 12 heteroatoms. The van der Waals surface area contributed by atoms with Gasteiger partial charge in [0.25, 0.3) is 0 Å². The van der Waals surface area contributed by atoms with Crippen molar-refractivity contribution in [2.24, 2.45) is 0 Å². The number of carboxylic acid groups (broad SMARTS) is 4. The van der Waals surface area contributed by atoms with E-state index in [-0.39, 0.29) is 22.3 Å². The highest BCUT2D eigenvalue weighted by Crippen LogP contribution is 2.38. The van der Waals surface area contributed by atoms with E-state index in [1.165, 1.54) is 48.5 Å². The number of carboxylic acids is 4. The van der Waals surface area contributed by atoms with Gasteiger partial charge in [-0.05, 0) is 117 Å². The van der Waals surface area contributed by atoms with Gasteiger partial charge in [0, 0.05) is 0 Å². The van der Waals surface area contributed by atoms with Gasteiger partial charge in [0.15, 0.2) is 0 Å². The SMILES string of the molecule is O=C(O)c1ccc(-c2c3nc(c(-c4ccc(C(=O)O)cc4)c4ccc([n-]4)c(-c4ccc(C(=O)O)cc4)c4nc(c(-c5ccc(C(=O)O)cc5)c5ccc2[n-]5)C=C4)C=C3)cc1. The fourth-order valence-electron chi connectivity index (χ4n) is 7.39. The topological polar surface area (TPSA) is 203 Å². The van der Waals surface area contributed by atoms with E-state index in [0.29, 0.717) is 89.4 Å². The molecule has 0 radical (unpaired) electrons. The molecule has 0 spiro atoms. The van der Waals surface area contributed by atoms with E-state index < -0.39 is 23.9 Å². The molecule has 2 aliphatic rings. The number of carbonyl (C=O) groups is 4. The molecule has 0 aliphatic carbocycles. The number of rotatable bonds is 8. The van der Waals surface area contributed by atoms with Gasteiger partial charge in [-0.3, -0.25) is 0 Å². The van der Waals surface area contributed by atoms with Crippen LogP contribution in [-0.4, -0.2) is 54.3 Å². The monoisotopic (exact) mass is 788 g/mol. The molecule has 8 bridgehead atoms. The summed E-state index contributed by atoms with van der Waals surface area (Å²) in [5.41, 5.74) is 9.53. The zero-order valence-electron chi connectivity index (χ0n) is 31.1. The van der Waals surface area contributed by atoms with Crippen molar-refractivity contribution in [2.75, 3.05) is 0 Å². The van der Waals surface area contributed by atoms with Gasteiger partial charge in [-0.1, -0.05) is 72.8 Å². The summed E-state index contributed by atoms with van der Waals surface area (Å²) in [5, 5.41) is 38.7. The standard InChI is InChI=1S/C48H30N4O8/c53-45(54)29-9-1-25(2-10-29)41-33-17-19-35(49-33)42(26-3-11-30(12-4-26)46(55)56)37-21-23-39(51-37)44(28-7-15-32(16-8-28)48(59)60)40-24-22-38(52-40)43(36-20-18-34(41)50-36)27-5-13-31(14-6-27)47(57)58/h1-24H,(H6,49,50,51,52,53,54,55,56,57,58,59,60)/p-2. The van der Waals surface area contributed by atoms with Crippen molar-refractivity contribution >= 4 is 70.2 Å². The molecule has 0 saturated carbocycles. The van der Waals surface area contributed by atoms with Crippen LogP contribution in [0, 0.1) is 0 Å². The fraction of sp³-hybridized carbons (Fsp3) is 0. The molecule has 0 atom stereocenters. The summed E-state index contributed by atoms with van der Waals surface area (Å²) in [6.45, 7) is 0. The number of benzene rings is 4. The minimum atomic E-state index is -1.07. The van der Waals surface area contributed by atoms with Crippen LogP contribution in [0.25, 0.3) is 90.9 Å². The van der Waals surface area contributed by atoms with Crippen molar-refractivity contribution < 1.29 is 39.6 Å². The van der Waals surface area contributed by atoms with Crippen molar-refractivity contribution in [3.8, 4) is 44.5 Å². The van der Waals surface area contributed by atoms with E-state index in [2.05, 4.69) is 0 Å². The van der Waals surface area contributed by atoms with E-state index in [9.17, 15) is 39.6 Å². The van der Waals surface area contributed by atoms with E-state index in [4.69, 9.17) is 19.9 Å². The summed E-state index contributed by atoms with van der Waals surface area (Å²) in [6.07, 6.45) is 7.33. The Kier molecular flexibility index (Phi) is 9.06. The average Bonchev–Trinajstić information content (AvgIpc) is 4.10.